The minimum atomic E-state index is -3.19. The highest BCUT2D eigenvalue weighted by atomic mass is 32.2. The molecule has 3 heterocycles. The van der Waals surface area contributed by atoms with E-state index in [1.54, 1.807) is 35.4 Å². The summed E-state index contributed by atoms with van der Waals surface area (Å²) < 4.78 is 25.3. The Balaban J connectivity index is 1.52. The van der Waals surface area contributed by atoms with Crippen molar-refractivity contribution in [1.82, 2.24) is 15.1 Å². The number of carbonyl (C=O) groups is 1. The number of hydrogen-bond acceptors (Lipinski definition) is 4. The second-order valence-corrected chi connectivity index (χ2v) is 8.15. The second kappa shape index (κ2) is 5.62. The molecule has 1 saturated heterocycles. The second-order valence-electron chi connectivity index (χ2n) is 6.14. The highest BCUT2D eigenvalue weighted by Gasteiger charge is 2.29. The van der Waals surface area contributed by atoms with Crippen molar-refractivity contribution in [3.8, 4) is 0 Å². The van der Waals surface area contributed by atoms with Gasteiger partial charge >= 0.3 is 0 Å². The molecule has 8 heteroatoms. The summed E-state index contributed by atoms with van der Waals surface area (Å²) in [4.78, 5) is 14.4. The number of nitrogens with one attached hydrogen (secondary N) is 1. The number of H-pyrrole nitrogens is 1. The van der Waals surface area contributed by atoms with Crippen LogP contribution in [-0.2, 0) is 23.0 Å². The van der Waals surface area contributed by atoms with E-state index in [2.05, 4.69) is 10.2 Å². The van der Waals surface area contributed by atoms with Gasteiger partial charge in [0.2, 0.25) is 10.0 Å². The van der Waals surface area contributed by atoms with Gasteiger partial charge in [0, 0.05) is 42.9 Å². The Morgan fingerprint density at radius 2 is 1.96 bits per heavy atom. The monoisotopic (exact) mass is 346 g/mol. The van der Waals surface area contributed by atoms with E-state index in [-0.39, 0.29) is 11.7 Å². The Hall–Kier alpha value is -2.35. The topological polar surface area (TPSA) is 86.4 Å². The van der Waals surface area contributed by atoms with Gasteiger partial charge in [0.1, 0.15) is 0 Å². The molecule has 0 aliphatic carbocycles. The van der Waals surface area contributed by atoms with Gasteiger partial charge in [-0.15, -0.1) is 0 Å². The molecule has 126 valence electrons. The molecule has 1 amide bonds. The van der Waals surface area contributed by atoms with Gasteiger partial charge in [-0.05, 0) is 30.7 Å². The van der Waals surface area contributed by atoms with Crippen molar-refractivity contribution >= 4 is 21.6 Å². The molecule has 0 atom stereocenters. The smallest absolute Gasteiger partial charge is 0.254 e. The number of hydrogen-bond donors (Lipinski definition) is 1. The molecule has 0 radical (unpaired) electrons. The number of rotatable bonds is 2. The molecule has 1 N–H and O–H groups in total. The predicted molar refractivity (Wildman–Crippen MR) is 89.2 cm³/mol. The normalized spacial score (nSPS) is 19.3. The Kier molecular flexibility index (Phi) is 3.56. The van der Waals surface area contributed by atoms with E-state index in [1.807, 2.05) is 0 Å². The molecule has 0 unspecified atom stereocenters. The summed E-state index contributed by atoms with van der Waals surface area (Å²) in [7, 11) is -3.19. The van der Waals surface area contributed by atoms with E-state index in [4.69, 9.17) is 0 Å². The van der Waals surface area contributed by atoms with Gasteiger partial charge in [-0.3, -0.25) is 14.2 Å². The molecule has 24 heavy (non-hydrogen) atoms. The number of fused-ring (bicyclic) bond motifs is 1. The van der Waals surface area contributed by atoms with Crippen molar-refractivity contribution in [3.05, 3.63) is 47.3 Å². The first-order valence-corrected chi connectivity index (χ1v) is 9.56. The summed E-state index contributed by atoms with van der Waals surface area (Å²) in [6.07, 6.45) is 3.17. The van der Waals surface area contributed by atoms with Gasteiger partial charge in [0.15, 0.2) is 0 Å². The van der Waals surface area contributed by atoms with Crippen LogP contribution in [0.25, 0.3) is 0 Å². The molecule has 2 aromatic rings. The van der Waals surface area contributed by atoms with Crippen molar-refractivity contribution in [2.45, 2.75) is 19.4 Å². The van der Waals surface area contributed by atoms with Crippen molar-refractivity contribution in [2.75, 3.05) is 23.1 Å². The van der Waals surface area contributed by atoms with Crippen LogP contribution in [-0.4, -0.2) is 48.3 Å². The number of benzene rings is 1. The average molecular weight is 346 g/mol. The minimum Gasteiger partial charge on any atom is -0.334 e. The SMILES string of the molecule is O=C(c1ccc(N2CCCS2(=O)=O)cc1)N1CCc2[nH]ncc2C1. The maximum atomic E-state index is 12.7. The number of aromatic nitrogens is 2. The summed E-state index contributed by atoms with van der Waals surface area (Å²) in [5.41, 5.74) is 3.34. The van der Waals surface area contributed by atoms with Gasteiger partial charge in [0.05, 0.1) is 17.6 Å². The van der Waals surface area contributed by atoms with Crippen molar-refractivity contribution in [3.63, 3.8) is 0 Å². The molecular formula is C16H18N4O3S. The molecule has 2 aliphatic rings. The molecule has 1 aromatic carbocycles. The van der Waals surface area contributed by atoms with Crippen molar-refractivity contribution < 1.29 is 13.2 Å². The van der Waals surface area contributed by atoms with Crippen LogP contribution in [0.1, 0.15) is 28.0 Å². The van der Waals surface area contributed by atoms with Crippen LogP contribution in [0.5, 0.6) is 0 Å². The largest absolute Gasteiger partial charge is 0.334 e. The summed E-state index contributed by atoms with van der Waals surface area (Å²) in [5, 5.41) is 6.97. The molecule has 2 aliphatic heterocycles. The lowest BCUT2D eigenvalue weighted by atomic mass is 10.1. The van der Waals surface area contributed by atoms with E-state index >= 15 is 0 Å². The first kappa shape index (κ1) is 15.2. The Bertz CT molecular complexity index is 873. The molecule has 0 spiro atoms. The maximum absolute atomic E-state index is 12.7. The highest BCUT2D eigenvalue weighted by Crippen LogP contribution is 2.25. The fraction of sp³-hybridized carbons (Fsp3) is 0.375. The third-order valence-corrected chi connectivity index (χ3v) is 6.46. The number of carbonyl (C=O) groups excluding carboxylic acids is 1. The highest BCUT2D eigenvalue weighted by molar-refractivity contribution is 7.93. The number of nitrogens with zero attached hydrogens (tertiary/aromatic N) is 3. The number of sulfonamides is 1. The maximum Gasteiger partial charge on any atom is 0.254 e. The zero-order valence-corrected chi connectivity index (χ0v) is 13.9. The van der Waals surface area contributed by atoms with Gasteiger partial charge < -0.3 is 4.90 Å². The van der Waals surface area contributed by atoms with Gasteiger partial charge in [0.25, 0.3) is 5.91 Å². The van der Waals surface area contributed by atoms with E-state index in [0.717, 1.165) is 17.7 Å². The molecule has 0 saturated carbocycles. The van der Waals surface area contributed by atoms with E-state index < -0.39 is 10.0 Å². The van der Waals surface area contributed by atoms with E-state index in [9.17, 15) is 13.2 Å². The standard InChI is InChI=1S/C16H18N4O3S/c21-16(19-8-6-15-13(11-19)10-17-18-15)12-2-4-14(5-3-12)20-7-1-9-24(20,22)23/h2-5,10H,1,6-9,11H2,(H,17,18). The fourth-order valence-electron chi connectivity index (χ4n) is 3.28. The molecular weight excluding hydrogens is 328 g/mol. The van der Waals surface area contributed by atoms with Crippen LogP contribution in [0.3, 0.4) is 0 Å². The molecule has 1 fully saturated rings. The van der Waals surface area contributed by atoms with E-state index in [1.165, 1.54) is 4.31 Å². The number of aromatic amines is 1. The summed E-state index contributed by atoms with van der Waals surface area (Å²) >= 11 is 0. The third-order valence-electron chi connectivity index (χ3n) is 4.59. The summed E-state index contributed by atoms with van der Waals surface area (Å²) in [6.45, 7) is 1.70. The lowest BCUT2D eigenvalue weighted by Crippen LogP contribution is -2.35. The Morgan fingerprint density at radius 1 is 1.17 bits per heavy atom. The summed E-state index contributed by atoms with van der Waals surface area (Å²) in [5.74, 6) is 0.145. The van der Waals surface area contributed by atoms with E-state index in [0.29, 0.717) is 37.3 Å². The number of amides is 1. The average Bonchev–Trinajstić information content (AvgIpc) is 3.19. The van der Waals surface area contributed by atoms with Gasteiger partial charge in [-0.1, -0.05) is 0 Å². The van der Waals surface area contributed by atoms with Crippen LogP contribution in [0.4, 0.5) is 5.69 Å². The van der Waals surface area contributed by atoms with Crippen molar-refractivity contribution in [2.24, 2.45) is 0 Å². The number of anilines is 1. The lowest BCUT2D eigenvalue weighted by molar-refractivity contribution is 0.0734. The Labute approximate surface area is 140 Å². The zero-order valence-electron chi connectivity index (χ0n) is 13.1. The summed E-state index contributed by atoms with van der Waals surface area (Å²) in [6, 6.07) is 6.83. The molecule has 1 aromatic heterocycles. The molecule has 7 nitrogen and oxygen atoms in total. The lowest BCUT2D eigenvalue weighted by Gasteiger charge is -2.26. The van der Waals surface area contributed by atoms with Crippen LogP contribution in [0, 0.1) is 0 Å². The first-order valence-electron chi connectivity index (χ1n) is 7.95. The quantitative estimate of drug-likeness (QED) is 0.884. The first-order chi connectivity index (χ1) is 11.5. The minimum absolute atomic E-state index is 0.0438. The van der Waals surface area contributed by atoms with Gasteiger partial charge in [-0.25, -0.2) is 8.42 Å². The van der Waals surface area contributed by atoms with Crippen molar-refractivity contribution in [1.29, 1.82) is 0 Å². The third kappa shape index (κ3) is 2.56. The van der Waals surface area contributed by atoms with Crippen LogP contribution >= 0.6 is 0 Å². The molecule has 4 rings (SSSR count). The molecule has 0 bridgehead atoms. The van der Waals surface area contributed by atoms with Crippen LogP contribution in [0.15, 0.2) is 30.5 Å². The van der Waals surface area contributed by atoms with Crippen LogP contribution in [0.2, 0.25) is 0 Å². The van der Waals surface area contributed by atoms with Gasteiger partial charge in [-0.2, -0.15) is 5.10 Å². The zero-order chi connectivity index (χ0) is 16.7. The fourth-order valence-corrected chi connectivity index (χ4v) is 4.84. The van der Waals surface area contributed by atoms with Crippen LogP contribution < -0.4 is 4.31 Å². The Morgan fingerprint density at radius 3 is 2.67 bits per heavy atom. The predicted octanol–water partition coefficient (Wildman–Crippen LogP) is 1.15.